The molecule has 0 unspecified atom stereocenters. The molecule has 1 N–H and O–H groups in total. The first kappa shape index (κ1) is 57.3. The fraction of sp³-hybridized carbons (Fsp3) is 0.735. The SMILES string of the molecule is CCC[CH2][Sn](/[CH]=C/CNC(=O)/C=C/[C@@H](C)[C@H](OC(=O)[C@H]1CCCN1C(=O)c1nc(CC(=O)C[C@@H](/C=C(\C)Br)O[Si](C)(C)C(C)(C)C)oc1[Si](C)(C)C)C(C)C)([CH2]CCC)[CH2]CCC. The molecule has 1 fully saturated rings. The Morgan fingerprint density at radius 3 is 2.08 bits per heavy atom. The van der Waals surface area contributed by atoms with E-state index in [4.69, 9.17) is 13.6 Å². The van der Waals surface area contributed by atoms with E-state index in [0.29, 0.717) is 31.3 Å². The van der Waals surface area contributed by atoms with Crippen LogP contribution in [0.25, 0.3) is 0 Å². The van der Waals surface area contributed by atoms with Crippen LogP contribution in [-0.4, -0.2) is 99.6 Å². The number of hydrogen-bond acceptors (Lipinski definition) is 8. The topological polar surface area (TPSA) is 128 Å². The molecule has 2 rings (SSSR count). The summed E-state index contributed by atoms with van der Waals surface area (Å²) in [4.78, 5) is 61.1. The number of ketones is 1. The molecular weight excluding hydrogens is 997 g/mol. The zero-order valence-electron chi connectivity index (χ0n) is 42.0. The molecule has 1 aliphatic heterocycles. The average Bonchev–Trinajstić information content (AvgIpc) is 3.85. The fourth-order valence-electron chi connectivity index (χ4n) is 8.05. The van der Waals surface area contributed by atoms with Crippen molar-refractivity contribution in [3.8, 4) is 0 Å². The molecule has 1 saturated heterocycles. The van der Waals surface area contributed by atoms with E-state index in [-0.39, 0.29) is 58.9 Å². The number of Topliss-reactive ketones (excluding diaryl/α,β-unsaturated/α-hetero) is 1. The van der Waals surface area contributed by atoms with Gasteiger partial charge in [0.05, 0.1) is 12.5 Å². The van der Waals surface area contributed by atoms with Crippen LogP contribution in [0.1, 0.15) is 143 Å². The predicted octanol–water partition coefficient (Wildman–Crippen LogP) is 11.8. The monoisotopic (exact) mass is 1080 g/mol. The van der Waals surface area contributed by atoms with E-state index in [2.05, 4.69) is 111 Å². The maximum atomic E-state index is 14.4. The van der Waals surface area contributed by atoms with Gasteiger partial charge in [0, 0.05) is 13.0 Å². The van der Waals surface area contributed by atoms with Gasteiger partial charge >= 0.3 is 196 Å². The second-order valence-corrected chi connectivity index (χ2v) is 44.9. The van der Waals surface area contributed by atoms with Gasteiger partial charge in [-0.2, -0.15) is 0 Å². The minimum atomic E-state index is -2.42. The molecule has 1 aromatic rings. The molecule has 63 heavy (non-hydrogen) atoms. The third-order valence-electron chi connectivity index (χ3n) is 12.7. The summed E-state index contributed by atoms with van der Waals surface area (Å²) < 4.78 is 26.7. The number of oxazole rings is 1. The number of aromatic nitrogens is 1. The summed E-state index contributed by atoms with van der Waals surface area (Å²) in [5, 5.41) is 3.54. The first-order chi connectivity index (χ1) is 29.3. The Hall–Kier alpha value is -1.82. The van der Waals surface area contributed by atoms with E-state index in [1.165, 1.54) is 51.8 Å². The van der Waals surface area contributed by atoms with E-state index < -0.39 is 59.0 Å². The molecule has 0 saturated carbocycles. The van der Waals surface area contributed by atoms with Gasteiger partial charge in [0.15, 0.2) is 14.0 Å². The second kappa shape index (κ2) is 26.5. The van der Waals surface area contributed by atoms with Gasteiger partial charge in [0.25, 0.3) is 5.91 Å². The normalized spacial score (nSPS) is 17.2. The molecule has 0 aliphatic carbocycles. The number of halogens is 1. The summed E-state index contributed by atoms with van der Waals surface area (Å²) in [6.07, 6.45) is 15.4. The van der Waals surface area contributed by atoms with Crippen molar-refractivity contribution >= 4 is 79.6 Å². The van der Waals surface area contributed by atoms with Gasteiger partial charge in [-0.3, -0.25) is 9.59 Å². The third kappa shape index (κ3) is 18.8. The molecule has 358 valence electrons. The molecule has 10 nitrogen and oxygen atoms in total. The van der Waals surface area contributed by atoms with Gasteiger partial charge in [0.2, 0.25) is 5.89 Å². The molecule has 0 aromatic carbocycles. The van der Waals surface area contributed by atoms with Crippen molar-refractivity contribution in [2.45, 2.75) is 203 Å². The minimum absolute atomic E-state index is 0.0299. The van der Waals surface area contributed by atoms with E-state index in [0.717, 1.165) is 4.48 Å². The number of nitrogens with zero attached hydrogens (tertiary/aromatic N) is 2. The van der Waals surface area contributed by atoms with Gasteiger partial charge in [0.1, 0.15) is 19.2 Å². The molecule has 1 aliphatic rings. The molecule has 0 bridgehead atoms. The van der Waals surface area contributed by atoms with Gasteiger partial charge in [-0.1, -0.05) is 56.3 Å². The van der Waals surface area contributed by atoms with Crippen LogP contribution in [0.15, 0.2) is 37.3 Å². The van der Waals surface area contributed by atoms with E-state index >= 15 is 0 Å². The Kier molecular flexibility index (Phi) is 24.1. The predicted molar refractivity (Wildman–Crippen MR) is 272 cm³/mol. The molecule has 14 heteroatoms. The van der Waals surface area contributed by atoms with Crippen LogP contribution < -0.4 is 10.7 Å². The van der Waals surface area contributed by atoms with Gasteiger partial charge in [-0.05, 0) is 48.5 Å². The summed E-state index contributed by atoms with van der Waals surface area (Å²) in [6.45, 7) is 32.7. The maximum absolute atomic E-state index is 14.4. The second-order valence-electron chi connectivity index (χ2n) is 21.0. The van der Waals surface area contributed by atoms with Crippen molar-refractivity contribution in [2.24, 2.45) is 11.8 Å². The number of hydrogen-bond donors (Lipinski definition) is 1. The van der Waals surface area contributed by atoms with Gasteiger partial charge < -0.3 is 13.7 Å². The molecule has 1 aromatic heterocycles. The van der Waals surface area contributed by atoms with Crippen LogP contribution in [0, 0.1) is 11.8 Å². The Labute approximate surface area is 397 Å². The molecule has 0 spiro atoms. The van der Waals surface area contributed by atoms with Crippen LogP contribution in [-0.2, 0) is 30.0 Å². The number of nitrogens with one attached hydrogen (secondary N) is 1. The number of likely N-dealkylation sites (tertiary alicyclic amines) is 1. The van der Waals surface area contributed by atoms with Crippen LogP contribution >= 0.6 is 15.9 Å². The summed E-state index contributed by atoms with van der Waals surface area (Å²) in [5.41, 5.74) is 0.177. The van der Waals surface area contributed by atoms with E-state index in [9.17, 15) is 19.2 Å². The van der Waals surface area contributed by atoms with Crippen LogP contribution in [0.2, 0.25) is 51.1 Å². The number of allylic oxidation sites excluding steroid dienone is 1. The van der Waals surface area contributed by atoms with Crippen LogP contribution in [0.5, 0.6) is 0 Å². The first-order valence-corrected chi connectivity index (χ1v) is 38.9. The van der Waals surface area contributed by atoms with E-state index in [1.807, 2.05) is 39.8 Å². The van der Waals surface area contributed by atoms with Crippen molar-refractivity contribution < 1.29 is 32.8 Å². The van der Waals surface area contributed by atoms with Crippen LogP contribution in [0.4, 0.5) is 0 Å². The Bertz CT molecular complexity index is 1700. The van der Waals surface area contributed by atoms with Crippen molar-refractivity contribution in [1.82, 2.24) is 15.2 Å². The number of carbonyl (C=O) groups is 4. The third-order valence-corrected chi connectivity index (χ3v) is 33.4. The fourth-order valence-corrected chi connectivity index (χ4v) is 25.3. The summed E-state index contributed by atoms with van der Waals surface area (Å²) in [5.74, 6) is -1.18. The molecule has 2 amide bonds. The number of ether oxygens (including phenoxy) is 1. The van der Waals surface area contributed by atoms with Crippen molar-refractivity contribution in [2.75, 3.05) is 13.1 Å². The van der Waals surface area contributed by atoms with Gasteiger partial charge in [-0.25, -0.2) is 4.98 Å². The number of amides is 2. The number of unbranched alkanes of at least 4 members (excludes halogenated alkanes) is 3. The summed E-state index contributed by atoms with van der Waals surface area (Å²) in [6, 6.07) is -0.779. The van der Waals surface area contributed by atoms with Crippen molar-refractivity contribution in [1.29, 1.82) is 0 Å². The molecule has 2 heterocycles. The summed E-state index contributed by atoms with van der Waals surface area (Å²) in [7, 11) is -4.45. The van der Waals surface area contributed by atoms with Crippen molar-refractivity contribution in [3.05, 3.63) is 44.5 Å². The molecular formula is C49H86BrN3O7Si2Sn. The van der Waals surface area contributed by atoms with Gasteiger partial charge in [-0.15, -0.1) is 0 Å². The summed E-state index contributed by atoms with van der Waals surface area (Å²) >= 11 is 1.10. The number of carbonyl (C=O) groups excluding carboxylic acids is 4. The van der Waals surface area contributed by atoms with Crippen LogP contribution in [0.3, 0.4) is 0 Å². The Morgan fingerprint density at radius 1 is 0.984 bits per heavy atom. The van der Waals surface area contributed by atoms with Crippen molar-refractivity contribution in [3.63, 3.8) is 0 Å². The zero-order valence-corrected chi connectivity index (χ0v) is 48.5. The number of esters is 1. The first-order valence-electron chi connectivity index (χ1n) is 24.0. The zero-order chi connectivity index (χ0) is 47.8. The standard InChI is InChI=1S/C37H59BrN3O7Si2.3C4H9.Sn/c1-14-19-39-30(43)18-17-25(4)33(24(2)3)47-35(45)29-16-15-20-41(29)34(44)32-36(49(9,10)11)46-31(40-32)23-27(42)22-28(21-26(5)38)48-50(12,13)37(6,7)8;3*1-3-4-2;/h1,14,17-18,21,24-25,28-29,33H,15-16,19-20,22-23H2,2-13H3,(H,39,43);3*1,3-4H2,2H3;/b14-1?,18-17+,26-21+;;;;/t25-,28-,29-,33-;;;;/m1..../s1. The average molecular weight is 1080 g/mol. The van der Waals surface area contributed by atoms with E-state index in [1.54, 1.807) is 11.0 Å². The Balaban J connectivity index is 2.19. The molecule has 4 atom stereocenters. The molecule has 0 radical (unpaired) electrons. The Morgan fingerprint density at radius 2 is 1.57 bits per heavy atom. The number of rotatable bonds is 27. The quantitative estimate of drug-likeness (QED) is 0.0524.